The molecule has 14 heavy (non-hydrogen) atoms. The molecule has 0 bridgehead atoms. The molecule has 1 aromatic carbocycles. The molecule has 0 heterocycles. The Kier molecular flexibility index (Phi) is 2.92. The molecule has 0 saturated carbocycles. The monoisotopic (exact) mass is 235 g/mol. The molecule has 0 radical (unpaired) electrons. The van der Waals surface area contributed by atoms with E-state index in [0.29, 0.717) is 17.0 Å². The topological polar surface area (TPSA) is 69.4 Å². The van der Waals surface area contributed by atoms with Crippen LogP contribution >= 0.6 is 10.7 Å². The Morgan fingerprint density at radius 1 is 1.43 bits per heavy atom. The highest BCUT2D eigenvalue weighted by Crippen LogP contribution is 2.29. The van der Waals surface area contributed by atoms with E-state index in [-0.39, 0.29) is 4.90 Å². The van der Waals surface area contributed by atoms with E-state index in [4.69, 9.17) is 21.2 Å². The second-order valence-electron chi connectivity index (χ2n) is 2.80. The maximum atomic E-state index is 11.1. The summed E-state index contributed by atoms with van der Waals surface area (Å²) in [7, 11) is 2.88. The van der Waals surface area contributed by atoms with Gasteiger partial charge in [-0.1, -0.05) is 0 Å². The van der Waals surface area contributed by atoms with Gasteiger partial charge in [0.1, 0.15) is 5.75 Å². The minimum Gasteiger partial charge on any atom is -0.495 e. The van der Waals surface area contributed by atoms with Gasteiger partial charge in [-0.25, -0.2) is 8.42 Å². The molecule has 0 spiro atoms. The number of hydrogen-bond acceptors (Lipinski definition) is 4. The summed E-state index contributed by atoms with van der Waals surface area (Å²) in [5, 5.41) is 0. The number of hydrogen-bond donors (Lipinski definition) is 1. The summed E-state index contributed by atoms with van der Waals surface area (Å²) in [6, 6.07) is 2.82. The van der Waals surface area contributed by atoms with Crippen LogP contribution in [0.5, 0.6) is 5.75 Å². The van der Waals surface area contributed by atoms with Gasteiger partial charge in [-0.05, 0) is 18.6 Å². The average molecular weight is 236 g/mol. The standard InChI is InChI=1S/C8H10ClNO3S/c1-5-3-6(10)7(13-2)4-8(5)14(9,11)12/h3-4H,10H2,1-2H3. The summed E-state index contributed by atoms with van der Waals surface area (Å²) in [4.78, 5) is 0.0187. The van der Waals surface area contributed by atoms with Gasteiger partial charge in [-0.15, -0.1) is 0 Å². The molecule has 1 rings (SSSR count). The van der Waals surface area contributed by atoms with E-state index in [1.165, 1.54) is 19.2 Å². The van der Waals surface area contributed by atoms with Crippen LogP contribution in [0.2, 0.25) is 0 Å². The Morgan fingerprint density at radius 2 is 2.00 bits per heavy atom. The molecule has 4 nitrogen and oxygen atoms in total. The minimum atomic E-state index is -3.75. The minimum absolute atomic E-state index is 0.0187. The zero-order valence-corrected chi connectivity index (χ0v) is 9.32. The molecule has 0 aliphatic heterocycles. The fourth-order valence-electron chi connectivity index (χ4n) is 1.13. The summed E-state index contributed by atoms with van der Waals surface area (Å²) in [5.41, 5.74) is 6.46. The molecular weight excluding hydrogens is 226 g/mol. The first kappa shape index (κ1) is 11.1. The fourth-order valence-corrected chi connectivity index (χ4v) is 2.32. The van der Waals surface area contributed by atoms with Crippen LogP contribution in [-0.4, -0.2) is 15.5 Å². The summed E-state index contributed by atoms with van der Waals surface area (Å²) in [6.07, 6.45) is 0. The molecule has 0 saturated heterocycles. The molecule has 0 aliphatic carbocycles. The fraction of sp³-hybridized carbons (Fsp3) is 0.250. The van der Waals surface area contributed by atoms with E-state index in [1.807, 2.05) is 0 Å². The molecule has 1 aromatic rings. The Bertz CT molecular complexity index is 456. The maximum Gasteiger partial charge on any atom is 0.261 e. The highest BCUT2D eigenvalue weighted by Gasteiger charge is 2.16. The predicted octanol–water partition coefficient (Wildman–Crippen LogP) is 1.51. The van der Waals surface area contributed by atoms with Crippen LogP contribution in [0, 0.1) is 6.92 Å². The van der Waals surface area contributed by atoms with Crippen molar-refractivity contribution in [2.45, 2.75) is 11.8 Å². The number of benzene rings is 1. The van der Waals surface area contributed by atoms with Crippen molar-refractivity contribution >= 4 is 25.4 Å². The van der Waals surface area contributed by atoms with E-state index >= 15 is 0 Å². The SMILES string of the molecule is COc1cc(S(=O)(=O)Cl)c(C)cc1N. The van der Waals surface area contributed by atoms with Gasteiger partial charge in [0.05, 0.1) is 17.7 Å². The van der Waals surface area contributed by atoms with Crippen molar-refractivity contribution in [1.29, 1.82) is 0 Å². The Morgan fingerprint density at radius 3 is 2.43 bits per heavy atom. The van der Waals surface area contributed by atoms with Crippen LogP contribution in [-0.2, 0) is 9.05 Å². The molecule has 78 valence electrons. The number of nitrogen functional groups attached to an aromatic ring is 1. The second kappa shape index (κ2) is 3.67. The maximum absolute atomic E-state index is 11.1. The molecule has 0 aromatic heterocycles. The first-order valence-electron chi connectivity index (χ1n) is 3.75. The van der Waals surface area contributed by atoms with E-state index in [0.717, 1.165) is 0 Å². The smallest absolute Gasteiger partial charge is 0.261 e. The first-order chi connectivity index (χ1) is 6.36. The van der Waals surface area contributed by atoms with Gasteiger partial charge in [0.25, 0.3) is 9.05 Å². The number of ether oxygens (including phenoxy) is 1. The molecule has 0 atom stereocenters. The normalized spacial score (nSPS) is 11.4. The van der Waals surface area contributed by atoms with E-state index in [9.17, 15) is 8.42 Å². The van der Waals surface area contributed by atoms with Crippen LogP contribution in [0.3, 0.4) is 0 Å². The lowest BCUT2D eigenvalue weighted by molar-refractivity contribution is 0.415. The van der Waals surface area contributed by atoms with Gasteiger partial charge in [0, 0.05) is 16.7 Å². The number of methoxy groups -OCH3 is 1. The summed E-state index contributed by atoms with van der Waals surface area (Å²) in [5.74, 6) is 0.301. The van der Waals surface area contributed by atoms with Gasteiger partial charge >= 0.3 is 0 Å². The predicted molar refractivity (Wildman–Crippen MR) is 55.2 cm³/mol. The zero-order valence-electron chi connectivity index (χ0n) is 7.74. The Hall–Kier alpha value is -0.940. The zero-order chi connectivity index (χ0) is 10.9. The molecule has 0 amide bonds. The molecule has 0 fully saturated rings. The highest BCUT2D eigenvalue weighted by molar-refractivity contribution is 8.13. The first-order valence-corrected chi connectivity index (χ1v) is 6.06. The lowest BCUT2D eigenvalue weighted by Gasteiger charge is -2.08. The number of anilines is 1. The van der Waals surface area contributed by atoms with Crippen LogP contribution in [0.25, 0.3) is 0 Å². The van der Waals surface area contributed by atoms with Crippen molar-refractivity contribution in [3.8, 4) is 5.75 Å². The average Bonchev–Trinajstić information content (AvgIpc) is 2.02. The number of halogens is 1. The van der Waals surface area contributed by atoms with Crippen LogP contribution in [0.15, 0.2) is 17.0 Å². The van der Waals surface area contributed by atoms with Crippen LogP contribution in [0.1, 0.15) is 5.56 Å². The third kappa shape index (κ3) is 2.10. The van der Waals surface area contributed by atoms with E-state index in [2.05, 4.69) is 0 Å². The Balaban J connectivity index is 3.47. The van der Waals surface area contributed by atoms with Gasteiger partial charge in [-0.2, -0.15) is 0 Å². The summed E-state index contributed by atoms with van der Waals surface area (Å²) >= 11 is 0. The number of nitrogens with two attached hydrogens (primary N) is 1. The molecule has 2 N–H and O–H groups in total. The summed E-state index contributed by atoms with van der Waals surface area (Å²) in [6.45, 7) is 1.62. The molecule has 0 aliphatic rings. The van der Waals surface area contributed by atoms with E-state index in [1.54, 1.807) is 6.92 Å². The quantitative estimate of drug-likeness (QED) is 0.623. The van der Waals surface area contributed by atoms with Crippen molar-refractivity contribution in [2.24, 2.45) is 0 Å². The van der Waals surface area contributed by atoms with Crippen molar-refractivity contribution in [1.82, 2.24) is 0 Å². The highest BCUT2D eigenvalue weighted by atomic mass is 35.7. The van der Waals surface area contributed by atoms with Gasteiger partial charge in [0.2, 0.25) is 0 Å². The van der Waals surface area contributed by atoms with Crippen molar-refractivity contribution in [2.75, 3.05) is 12.8 Å². The largest absolute Gasteiger partial charge is 0.495 e. The van der Waals surface area contributed by atoms with Gasteiger partial charge < -0.3 is 10.5 Å². The molecular formula is C8H10ClNO3S. The second-order valence-corrected chi connectivity index (χ2v) is 5.33. The van der Waals surface area contributed by atoms with Crippen LogP contribution < -0.4 is 10.5 Å². The van der Waals surface area contributed by atoms with Crippen molar-refractivity contribution in [3.63, 3.8) is 0 Å². The van der Waals surface area contributed by atoms with Crippen LogP contribution in [0.4, 0.5) is 5.69 Å². The van der Waals surface area contributed by atoms with Crippen molar-refractivity contribution in [3.05, 3.63) is 17.7 Å². The molecule has 6 heteroatoms. The lowest BCUT2D eigenvalue weighted by Crippen LogP contribution is -1.99. The molecule has 0 unspecified atom stereocenters. The summed E-state index contributed by atoms with van der Waals surface area (Å²) < 4.78 is 27.1. The Labute approximate surface area is 87.0 Å². The third-order valence-electron chi connectivity index (χ3n) is 1.79. The third-order valence-corrected chi connectivity index (χ3v) is 3.25. The van der Waals surface area contributed by atoms with E-state index < -0.39 is 9.05 Å². The lowest BCUT2D eigenvalue weighted by atomic mass is 10.2. The van der Waals surface area contributed by atoms with Gasteiger partial charge in [0.15, 0.2) is 0 Å². The number of rotatable bonds is 2. The van der Waals surface area contributed by atoms with Gasteiger partial charge in [-0.3, -0.25) is 0 Å². The van der Waals surface area contributed by atoms with Crippen molar-refractivity contribution < 1.29 is 13.2 Å². The number of aryl methyl sites for hydroxylation is 1.